The zero-order valence-electron chi connectivity index (χ0n) is 16.5. The highest BCUT2D eigenvalue weighted by Gasteiger charge is 2.39. The number of anilines is 2. The Balaban J connectivity index is 1.81. The summed E-state index contributed by atoms with van der Waals surface area (Å²) in [6.07, 6.45) is -3.39. The van der Waals surface area contributed by atoms with Crippen molar-refractivity contribution in [2.24, 2.45) is 5.14 Å². The molecule has 1 aliphatic rings. The molecule has 2 aromatic rings. The number of rotatable bonds is 5. The van der Waals surface area contributed by atoms with Crippen LogP contribution in [0, 0.1) is 18.3 Å². The number of aliphatic hydroxyl groups is 1. The summed E-state index contributed by atoms with van der Waals surface area (Å²) in [6.45, 7) is 2.24. The van der Waals surface area contributed by atoms with E-state index in [1.807, 2.05) is 19.1 Å². The fraction of sp³-hybridized carbons (Fsp3) is 0.250. The van der Waals surface area contributed by atoms with Gasteiger partial charge >= 0.3 is 0 Å². The lowest BCUT2D eigenvalue weighted by Crippen LogP contribution is -2.55. The highest BCUT2D eigenvalue weighted by Crippen LogP contribution is 2.24. The number of nitrogens with zero attached hydrogens (tertiary/aromatic N) is 2. The fourth-order valence-electron chi connectivity index (χ4n) is 3.09. The molecule has 162 valence electrons. The van der Waals surface area contributed by atoms with Crippen LogP contribution in [-0.2, 0) is 24.3 Å². The van der Waals surface area contributed by atoms with Crippen molar-refractivity contribution in [1.29, 1.82) is 5.26 Å². The third kappa shape index (κ3) is 4.89. The Bertz CT molecular complexity index is 1160. The standard InChI is InChI=1S/C20H20N4O6S/c1-12-2-5-14(6-3-12)24-8-9-30-18(20(24)27)17(25)19(26)23-15-7-4-13(11-21)10-16(15)31(22,28)29/h2-7,10,17-18,25H,8-9H2,1H3,(H,23,26)(H2,22,28,29)/t17-,18-/m1/s1. The molecule has 1 aliphatic heterocycles. The normalized spacial score (nSPS) is 17.7. The lowest BCUT2D eigenvalue weighted by atomic mass is 10.1. The number of carbonyl (C=O) groups excluding carboxylic acids is 2. The molecule has 2 aromatic carbocycles. The first-order chi connectivity index (χ1) is 14.6. The molecule has 0 aliphatic carbocycles. The van der Waals surface area contributed by atoms with E-state index in [4.69, 9.17) is 15.1 Å². The van der Waals surface area contributed by atoms with Crippen molar-refractivity contribution in [3.05, 3.63) is 53.6 Å². The zero-order chi connectivity index (χ0) is 22.8. The second-order valence-corrected chi connectivity index (χ2v) is 8.45. The summed E-state index contributed by atoms with van der Waals surface area (Å²) < 4.78 is 29.0. The van der Waals surface area contributed by atoms with Crippen LogP contribution in [-0.4, -0.2) is 50.7 Å². The van der Waals surface area contributed by atoms with Crippen LogP contribution in [0.3, 0.4) is 0 Å². The molecule has 3 rings (SSSR count). The number of morpholine rings is 1. The Morgan fingerprint density at radius 1 is 1.32 bits per heavy atom. The number of nitrogens with one attached hydrogen (secondary N) is 1. The minimum absolute atomic E-state index is 0.0158. The van der Waals surface area contributed by atoms with Gasteiger partial charge in [-0.1, -0.05) is 17.7 Å². The number of aliphatic hydroxyl groups excluding tert-OH is 1. The van der Waals surface area contributed by atoms with E-state index in [1.54, 1.807) is 18.2 Å². The number of amides is 2. The molecule has 0 radical (unpaired) electrons. The molecule has 0 bridgehead atoms. The minimum atomic E-state index is -4.28. The van der Waals surface area contributed by atoms with Crippen LogP contribution in [0.1, 0.15) is 11.1 Å². The summed E-state index contributed by atoms with van der Waals surface area (Å²) in [5.74, 6) is -1.66. The van der Waals surface area contributed by atoms with E-state index in [1.165, 1.54) is 17.0 Å². The van der Waals surface area contributed by atoms with Crippen molar-refractivity contribution in [1.82, 2.24) is 0 Å². The Morgan fingerprint density at radius 3 is 2.61 bits per heavy atom. The molecule has 0 unspecified atom stereocenters. The van der Waals surface area contributed by atoms with Gasteiger partial charge in [0.05, 0.1) is 23.9 Å². The van der Waals surface area contributed by atoms with E-state index in [9.17, 15) is 23.1 Å². The Morgan fingerprint density at radius 2 is 2.00 bits per heavy atom. The maximum absolute atomic E-state index is 12.8. The highest BCUT2D eigenvalue weighted by atomic mass is 32.2. The molecular formula is C20H20N4O6S. The molecular weight excluding hydrogens is 424 g/mol. The van der Waals surface area contributed by atoms with E-state index >= 15 is 0 Å². The fourth-order valence-corrected chi connectivity index (χ4v) is 3.80. The number of carbonyl (C=O) groups is 2. The first kappa shape index (κ1) is 22.4. The van der Waals surface area contributed by atoms with Crippen LogP contribution in [0.5, 0.6) is 0 Å². The number of nitriles is 1. The van der Waals surface area contributed by atoms with E-state index in [-0.39, 0.29) is 24.4 Å². The summed E-state index contributed by atoms with van der Waals surface area (Å²) >= 11 is 0. The lowest BCUT2D eigenvalue weighted by Gasteiger charge is -2.34. The molecule has 2 atom stereocenters. The Labute approximate surface area is 178 Å². The summed E-state index contributed by atoms with van der Waals surface area (Å²) in [5.41, 5.74) is 1.39. The van der Waals surface area contributed by atoms with E-state index in [0.717, 1.165) is 11.6 Å². The van der Waals surface area contributed by atoms with E-state index < -0.39 is 38.9 Å². The zero-order valence-corrected chi connectivity index (χ0v) is 17.3. The summed E-state index contributed by atoms with van der Waals surface area (Å²) in [5, 5.41) is 26.8. The van der Waals surface area contributed by atoms with Gasteiger partial charge in [-0.05, 0) is 37.3 Å². The second kappa shape index (κ2) is 8.83. The monoisotopic (exact) mass is 444 g/mol. The van der Waals surface area contributed by atoms with Crippen molar-refractivity contribution < 1.29 is 27.9 Å². The first-order valence-corrected chi connectivity index (χ1v) is 10.7. The first-order valence-electron chi connectivity index (χ1n) is 9.17. The highest BCUT2D eigenvalue weighted by molar-refractivity contribution is 7.89. The molecule has 1 saturated heterocycles. The van der Waals surface area contributed by atoms with Crippen LogP contribution in [0.2, 0.25) is 0 Å². The van der Waals surface area contributed by atoms with Crippen LogP contribution in [0.4, 0.5) is 11.4 Å². The average Bonchev–Trinajstić information content (AvgIpc) is 2.73. The summed E-state index contributed by atoms with van der Waals surface area (Å²) in [6, 6.07) is 12.4. The van der Waals surface area contributed by atoms with Gasteiger partial charge in [0.25, 0.3) is 11.8 Å². The number of sulfonamides is 1. The van der Waals surface area contributed by atoms with E-state index in [0.29, 0.717) is 5.69 Å². The Hall–Kier alpha value is -3.30. The molecule has 1 heterocycles. The molecule has 2 amide bonds. The van der Waals surface area contributed by atoms with Gasteiger partial charge in [0.15, 0.2) is 12.2 Å². The van der Waals surface area contributed by atoms with Crippen LogP contribution >= 0.6 is 0 Å². The summed E-state index contributed by atoms with van der Waals surface area (Å²) in [7, 11) is -4.28. The number of ether oxygens (including phenoxy) is 1. The smallest absolute Gasteiger partial charge is 0.259 e. The van der Waals surface area contributed by atoms with Gasteiger partial charge in [0.1, 0.15) is 4.90 Å². The molecule has 0 aromatic heterocycles. The average molecular weight is 444 g/mol. The van der Waals surface area contributed by atoms with Gasteiger partial charge in [-0.2, -0.15) is 5.26 Å². The third-order valence-electron chi connectivity index (χ3n) is 4.70. The largest absolute Gasteiger partial charge is 0.380 e. The molecule has 1 fully saturated rings. The van der Waals surface area contributed by atoms with Crippen LogP contribution in [0.15, 0.2) is 47.4 Å². The van der Waals surface area contributed by atoms with Gasteiger partial charge in [0, 0.05) is 12.2 Å². The van der Waals surface area contributed by atoms with Crippen molar-refractivity contribution in [2.75, 3.05) is 23.4 Å². The van der Waals surface area contributed by atoms with E-state index in [2.05, 4.69) is 5.32 Å². The molecule has 0 saturated carbocycles. The van der Waals surface area contributed by atoms with Crippen molar-refractivity contribution >= 4 is 33.2 Å². The van der Waals surface area contributed by atoms with Gasteiger partial charge in [-0.25, -0.2) is 13.6 Å². The molecule has 10 nitrogen and oxygen atoms in total. The van der Waals surface area contributed by atoms with Gasteiger partial charge in [-0.15, -0.1) is 0 Å². The number of nitrogens with two attached hydrogens (primary N) is 1. The number of primary sulfonamides is 1. The number of aryl methyl sites for hydroxylation is 1. The van der Waals surface area contributed by atoms with Gasteiger partial charge < -0.3 is 20.1 Å². The maximum atomic E-state index is 12.8. The Kier molecular flexibility index (Phi) is 6.37. The van der Waals surface area contributed by atoms with Crippen molar-refractivity contribution in [2.45, 2.75) is 24.0 Å². The number of benzene rings is 2. The minimum Gasteiger partial charge on any atom is -0.380 e. The molecule has 11 heteroatoms. The molecule has 0 spiro atoms. The quantitative estimate of drug-likeness (QED) is 0.595. The van der Waals surface area contributed by atoms with Gasteiger partial charge in [-0.3, -0.25) is 9.59 Å². The maximum Gasteiger partial charge on any atom is 0.259 e. The van der Waals surface area contributed by atoms with Crippen molar-refractivity contribution in [3.8, 4) is 6.07 Å². The number of hydrogen-bond donors (Lipinski definition) is 3. The summed E-state index contributed by atoms with van der Waals surface area (Å²) in [4.78, 5) is 26.3. The lowest BCUT2D eigenvalue weighted by molar-refractivity contribution is -0.150. The van der Waals surface area contributed by atoms with Crippen LogP contribution < -0.4 is 15.4 Å². The third-order valence-corrected chi connectivity index (χ3v) is 5.65. The molecule has 31 heavy (non-hydrogen) atoms. The number of hydrogen-bond acceptors (Lipinski definition) is 7. The second-order valence-electron chi connectivity index (χ2n) is 6.92. The van der Waals surface area contributed by atoms with Crippen molar-refractivity contribution in [3.63, 3.8) is 0 Å². The van der Waals surface area contributed by atoms with Gasteiger partial charge in [0.2, 0.25) is 10.0 Å². The SMILES string of the molecule is Cc1ccc(N2CCO[C@H]([C@@H](O)C(=O)Nc3ccc(C#N)cc3S(N)(=O)=O)C2=O)cc1. The van der Waals surface area contributed by atoms with Crippen LogP contribution in [0.25, 0.3) is 0 Å². The predicted molar refractivity (Wildman–Crippen MR) is 110 cm³/mol. The topological polar surface area (TPSA) is 163 Å². The molecule has 4 N–H and O–H groups in total. The predicted octanol–water partition coefficient (Wildman–Crippen LogP) is 0.246.